The van der Waals surface area contributed by atoms with Gasteiger partial charge in [-0.25, -0.2) is 0 Å². The van der Waals surface area contributed by atoms with E-state index >= 15 is 0 Å². The lowest BCUT2D eigenvalue weighted by Gasteiger charge is -2.18. The molecule has 3 N–H and O–H groups in total. The summed E-state index contributed by atoms with van der Waals surface area (Å²) in [6, 6.07) is 14.9. The normalized spacial score (nSPS) is 11.7. The number of benzene rings is 2. The minimum absolute atomic E-state index is 0.159. The fourth-order valence-electron chi connectivity index (χ4n) is 2.06. The van der Waals surface area contributed by atoms with Crippen molar-refractivity contribution >= 4 is 11.6 Å². The van der Waals surface area contributed by atoms with E-state index in [9.17, 15) is 4.79 Å². The van der Waals surface area contributed by atoms with E-state index < -0.39 is 0 Å². The number of hydrogen-bond donors (Lipinski definition) is 2. The second kappa shape index (κ2) is 6.79. The highest BCUT2D eigenvalue weighted by Crippen LogP contribution is 2.27. The summed E-state index contributed by atoms with van der Waals surface area (Å²) in [5.41, 5.74) is 7.91. The summed E-state index contributed by atoms with van der Waals surface area (Å²) in [7, 11) is 0. The molecule has 2 aromatic rings. The largest absolute Gasteiger partial charge is 0.485 e. The number of carbonyl (C=O) groups is 1. The van der Waals surface area contributed by atoms with Crippen LogP contribution >= 0.6 is 0 Å². The first-order valence-corrected chi connectivity index (χ1v) is 7.01. The molecule has 0 saturated carbocycles. The van der Waals surface area contributed by atoms with Gasteiger partial charge in [-0.15, -0.1) is 0 Å². The molecule has 0 aliphatic rings. The minimum Gasteiger partial charge on any atom is -0.485 e. The van der Waals surface area contributed by atoms with Crippen LogP contribution in [0.25, 0.3) is 0 Å². The number of nitrogens with two attached hydrogens (primary N) is 1. The Bertz CT molecular complexity index is 611. The van der Waals surface area contributed by atoms with Gasteiger partial charge in [0.05, 0.1) is 5.56 Å². The molecule has 110 valence electrons. The summed E-state index contributed by atoms with van der Waals surface area (Å²) < 4.78 is 5.94. The molecule has 0 fully saturated rings. The maximum atomic E-state index is 12.1. The molecule has 2 rings (SSSR count). The number of nitrogens with one attached hydrogen (secondary N) is 1. The summed E-state index contributed by atoms with van der Waals surface area (Å²) >= 11 is 0. The molecule has 0 aliphatic heterocycles. The van der Waals surface area contributed by atoms with Crippen LogP contribution < -0.4 is 15.8 Å². The van der Waals surface area contributed by atoms with E-state index in [-0.39, 0.29) is 12.0 Å². The third kappa shape index (κ3) is 3.75. The van der Waals surface area contributed by atoms with E-state index in [4.69, 9.17) is 10.5 Å². The average molecular weight is 284 g/mol. The van der Waals surface area contributed by atoms with Gasteiger partial charge in [0.25, 0.3) is 5.91 Å². The first-order chi connectivity index (χ1) is 10.1. The van der Waals surface area contributed by atoms with Crippen molar-refractivity contribution in [2.45, 2.75) is 20.0 Å². The SMILES string of the molecule is CCNC(=O)c1ccc(N)cc1OC(C)c1ccccc1. The van der Waals surface area contributed by atoms with Crippen molar-refractivity contribution in [2.75, 3.05) is 12.3 Å². The maximum Gasteiger partial charge on any atom is 0.255 e. The van der Waals surface area contributed by atoms with E-state index in [0.29, 0.717) is 23.5 Å². The number of carbonyl (C=O) groups excluding carboxylic acids is 1. The lowest BCUT2D eigenvalue weighted by atomic mass is 10.1. The fourth-order valence-corrected chi connectivity index (χ4v) is 2.06. The molecule has 0 saturated heterocycles. The van der Waals surface area contributed by atoms with Crippen LogP contribution in [0.2, 0.25) is 0 Å². The van der Waals surface area contributed by atoms with Gasteiger partial charge < -0.3 is 15.8 Å². The first-order valence-electron chi connectivity index (χ1n) is 7.01. The summed E-state index contributed by atoms with van der Waals surface area (Å²) in [4.78, 5) is 12.1. The molecule has 0 aromatic heterocycles. The van der Waals surface area contributed by atoms with Gasteiger partial charge in [-0.05, 0) is 31.5 Å². The second-order valence-electron chi connectivity index (χ2n) is 4.79. The lowest BCUT2D eigenvalue weighted by Crippen LogP contribution is -2.23. The van der Waals surface area contributed by atoms with Gasteiger partial charge in [-0.3, -0.25) is 4.79 Å². The zero-order valence-corrected chi connectivity index (χ0v) is 12.3. The van der Waals surface area contributed by atoms with E-state index in [0.717, 1.165) is 5.56 Å². The third-order valence-electron chi connectivity index (χ3n) is 3.16. The zero-order valence-electron chi connectivity index (χ0n) is 12.3. The first kappa shape index (κ1) is 14.9. The summed E-state index contributed by atoms with van der Waals surface area (Å²) in [6.07, 6.45) is -0.166. The molecular weight excluding hydrogens is 264 g/mol. The molecule has 1 amide bonds. The molecule has 1 unspecified atom stereocenters. The Morgan fingerprint density at radius 1 is 1.24 bits per heavy atom. The second-order valence-corrected chi connectivity index (χ2v) is 4.79. The van der Waals surface area contributed by atoms with Crippen LogP contribution in [0.5, 0.6) is 5.75 Å². The van der Waals surface area contributed by atoms with Crippen molar-refractivity contribution in [2.24, 2.45) is 0 Å². The molecule has 0 aliphatic carbocycles. The highest BCUT2D eigenvalue weighted by molar-refractivity contribution is 5.97. The Balaban J connectivity index is 2.26. The molecule has 4 nitrogen and oxygen atoms in total. The van der Waals surface area contributed by atoms with Gasteiger partial charge in [0.15, 0.2) is 0 Å². The molecular formula is C17H20N2O2. The molecule has 21 heavy (non-hydrogen) atoms. The van der Waals surface area contributed by atoms with E-state index in [2.05, 4.69) is 5.32 Å². The van der Waals surface area contributed by atoms with Gasteiger partial charge >= 0.3 is 0 Å². The Labute approximate surface area is 124 Å². The molecule has 0 spiro atoms. The summed E-state index contributed by atoms with van der Waals surface area (Å²) in [6.45, 7) is 4.39. The number of nitrogen functional groups attached to an aromatic ring is 1. The Morgan fingerprint density at radius 3 is 2.62 bits per heavy atom. The van der Waals surface area contributed by atoms with Crippen LogP contribution in [0.4, 0.5) is 5.69 Å². The summed E-state index contributed by atoms with van der Waals surface area (Å²) in [5.74, 6) is 0.338. The maximum absolute atomic E-state index is 12.1. The van der Waals surface area contributed by atoms with Crippen LogP contribution in [0.15, 0.2) is 48.5 Å². The van der Waals surface area contributed by atoms with Crippen molar-refractivity contribution in [3.05, 3.63) is 59.7 Å². The smallest absolute Gasteiger partial charge is 0.255 e. The average Bonchev–Trinajstić information content (AvgIpc) is 2.48. The molecule has 0 bridgehead atoms. The van der Waals surface area contributed by atoms with Crippen LogP contribution in [0.1, 0.15) is 35.9 Å². The van der Waals surface area contributed by atoms with Crippen molar-refractivity contribution in [1.82, 2.24) is 5.32 Å². The standard InChI is InChI=1S/C17H20N2O2/c1-3-19-17(20)15-10-9-14(18)11-16(15)21-12(2)13-7-5-4-6-8-13/h4-12H,3,18H2,1-2H3,(H,19,20). The molecule has 0 radical (unpaired) electrons. The predicted octanol–water partition coefficient (Wildman–Crippen LogP) is 3.16. The molecule has 2 aromatic carbocycles. The molecule has 1 atom stereocenters. The number of amides is 1. The van der Waals surface area contributed by atoms with E-state index in [1.807, 2.05) is 44.2 Å². The zero-order chi connectivity index (χ0) is 15.2. The minimum atomic E-state index is -0.166. The van der Waals surface area contributed by atoms with Gasteiger partial charge in [-0.1, -0.05) is 30.3 Å². The molecule has 4 heteroatoms. The Hall–Kier alpha value is -2.49. The fraction of sp³-hybridized carbons (Fsp3) is 0.235. The van der Waals surface area contributed by atoms with Gasteiger partial charge in [-0.2, -0.15) is 0 Å². The monoisotopic (exact) mass is 284 g/mol. The van der Waals surface area contributed by atoms with Crippen LogP contribution in [-0.4, -0.2) is 12.5 Å². The van der Waals surface area contributed by atoms with Crippen molar-refractivity contribution in [1.29, 1.82) is 0 Å². The van der Waals surface area contributed by atoms with E-state index in [1.54, 1.807) is 18.2 Å². The predicted molar refractivity (Wildman–Crippen MR) is 84.3 cm³/mol. The highest BCUT2D eigenvalue weighted by Gasteiger charge is 2.15. The highest BCUT2D eigenvalue weighted by atomic mass is 16.5. The Morgan fingerprint density at radius 2 is 1.95 bits per heavy atom. The number of ether oxygens (including phenoxy) is 1. The van der Waals surface area contributed by atoms with Gasteiger partial charge in [0.2, 0.25) is 0 Å². The topological polar surface area (TPSA) is 64.4 Å². The number of anilines is 1. The number of rotatable bonds is 5. The third-order valence-corrected chi connectivity index (χ3v) is 3.16. The Kier molecular flexibility index (Phi) is 4.82. The quantitative estimate of drug-likeness (QED) is 0.829. The van der Waals surface area contributed by atoms with E-state index in [1.165, 1.54) is 0 Å². The summed E-state index contributed by atoms with van der Waals surface area (Å²) in [5, 5.41) is 2.77. The lowest BCUT2D eigenvalue weighted by molar-refractivity contribution is 0.0949. The van der Waals surface area contributed by atoms with Gasteiger partial charge in [0, 0.05) is 18.3 Å². The molecule has 0 heterocycles. The van der Waals surface area contributed by atoms with Crippen molar-refractivity contribution in [3.63, 3.8) is 0 Å². The number of hydrogen-bond acceptors (Lipinski definition) is 3. The van der Waals surface area contributed by atoms with Crippen LogP contribution in [0.3, 0.4) is 0 Å². The van der Waals surface area contributed by atoms with Crippen LogP contribution in [-0.2, 0) is 0 Å². The van der Waals surface area contributed by atoms with Crippen molar-refractivity contribution < 1.29 is 9.53 Å². The van der Waals surface area contributed by atoms with Crippen LogP contribution in [0, 0.1) is 0 Å². The van der Waals surface area contributed by atoms with Crippen molar-refractivity contribution in [3.8, 4) is 5.75 Å². The van der Waals surface area contributed by atoms with Gasteiger partial charge in [0.1, 0.15) is 11.9 Å².